The molecule has 37 heavy (non-hydrogen) atoms. The van der Waals surface area contributed by atoms with Gasteiger partial charge in [0.25, 0.3) is 0 Å². The Morgan fingerprint density at radius 2 is 1.95 bits per heavy atom. The molecular weight excluding hydrogens is 464 g/mol. The molecule has 3 aliphatic carbocycles. The number of carbonyl (C=O) groups excluding carboxylic acids is 1. The van der Waals surface area contributed by atoms with Gasteiger partial charge in [0.15, 0.2) is 11.5 Å². The fourth-order valence-electron chi connectivity index (χ4n) is 8.09. The smallest absolute Gasteiger partial charge is 0.246 e. The number of ether oxygens (including phenoxy) is 1. The number of phenolic OH excluding ortho intramolecular Hbond substituents is 1. The average Bonchev–Trinajstić information content (AvgIpc) is 3.64. The van der Waals surface area contributed by atoms with Crippen LogP contribution in [0, 0.1) is 5.92 Å². The van der Waals surface area contributed by atoms with Gasteiger partial charge in [-0.1, -0.05) is 36.4 Å². The minimum Gasteiger partial charge on any atom is -0.504 e. The lowest BCUT2D eigenvalue weighted by Gasteiger charge is -2.64. The average molecular weight is 501 g/mol. The SMILES string of the molecule is CC(=CC(=O)N(C)[C@H]1CC[C@@]2(O)[C@H]3Cc4ccc(O)c5c4[C@@]2(CCN3CC2CC2)[C@H]1O5)c1ccccc1. The molecule has 2 N–H and O–H groups in total. The molecular formula is C31H36N2O4. The summed E-state index contributed by atoms with van der Waals surface area (Å²) in [6, 6.07) is 13.6. The topological polar surface area (TPSA) is 73.2 Å². The Bertz CT molecular complexity index is 1290. The molecule has 1 saturated heterocycles. The molecule has 0 radical (unpaired) electrons. The van der Waals surface area contributed by atoms with Crippen molar-refractivity contribution in [3.8, 4) is 11.5 Å². The van der Waals surface area contributed by atoms with Gasteiger partial charge in [-0.05, 0) is 80.7 Å². The predicted molar refractivity (Wildman–Crippen MR) is 141 cm³/mol. The number of likely N-dealkylation sites (tertiary alicyclic amines) is 1. The van der Waals surface area contributed by atoms with Crippen LogP contribution in [-0.4, -0.2) is 69.8 Å². The molecule has 5 atom stereocenters. The van der Waals surface area contributed by atoms with Crippen molar-refractivity contribution in [3.05, 3.63) is 65.2 Å². The summed E-state index contributed by atoms with van der Waals surface area (Å²) in [6.45, 7) is 3.93. The first-order valence-corrected chi connectivity index (χ1v) is 13.8. The highest BCUT2D eigenvalue weighted by Crippen LogP contribution is 2.66. The molecule has 3 fully saturated rings. The van der Waals surface area contributed by atoms with Gasteiger partial charge < -0.3 is 19.8 Å². The molecule has 194 valence electrons. The number of hydrogen-bond donors (Lipinski definition) is 2. The molecule has 2 heterocycles. The molecule has 0 unspecified atom stereocenters. The van der Waals surface area contributed by atoms with Gasteiger partial charge in [0.1, 0.15) is 6.10 Å². The fourth-order valence-corrected chi connectivity index (χ4v) is 8.09. The van der Waals surface area contributed by atoms with Crippen LogP contribution in [0.1, 0.15) is 55.7 Å². The zero-order valence-electron chi connectivity index (χ0n) is 21.7. The number of nitrogens with zero attached hydrogens (tertiary/aromatic N) is 2. The van der Waals surface area contributed by atoms with Crippen molar-refractivity contribution in [1.29, 1.82) is 0 Å². The molecule has 6 heteroatoms. The van der Waals surface area contributed by atoms with E-state index in [9.17, 15) is 15.0 Å². The number of aromatic hydroxyl groups is 1. The molecule has 6 nitrogen and oxygen atoms in total. The van der Waals surface area contributed by atoms with Crippen LogP contribution in [0.15, 0.2) is 48.5 Å². The molecule has 1 amide bonds. The van der Waals surface area contributed by atoms with Crippen LogP contribution in [0.4, 0.5) is 0 Å². The number of piperidine rings is 1. The molecule has 2 bridgehead atoms. The third-order valence-corrected chi connectivity index (χ3v) is 10.1. The van der Waals surface area contributed by atoms with E-state index < -0.39 is 17.1 Å². The van der Waals surface area contributed by atoms with Crippen molar-refractivity contribution in [1.82, 2.24) is 9.80 Å². The number of likely N-dealkylation sites (N-methyl/N-ethyl adjacent to an activating group) is 1. The van der Waals surface area contributed by atoms with Crippen LogP contribution in [0.2, 0.25) is 0 Å². The molecule has 7 rings (SSSR count). The Morgan fingerprint density at radius 1 is 1.16 bits per heavy atom. The van der Waals surface area contributed by atoms with E-state index in [-0.39, 0.29) is 23.7 Å². The predicted octanol–water partition coefficient (Wildman–Crippen LogP) is 3.89. The second kappa shape index (κ2) is 8.08. The molecule has 2 saturated carbocycles. The van der Waals surface area contributed by atoms with Gasteiger partial charge in [0.2, 0.25) is 5.91 Å². The normalized spacial score (nSPS) is 34.0. The van der Waals surface area contributed by atoms with Gasteiger partial charge >= 0.3 is 0 Å². The van der Waals surface area contributed by atoms with Gasteiger partial charge in [-0.2, -0.15) is 0 Å². The van der Waals surface area contributed by atoms with Crippen molar-refractivity contribution >= 4 is 11.5 Å². The monoisotopic (exact) mass is 500 g/mol. The summed E-state index contributed by atoms with van der Waals surface area (Å²) in [6.07, 6.45) is 6.74. The van der Waals surface area contributed by atoms with Crippen molar-refractivity contribution < 1.29 is 19.7 Å². The summed E-state index contributed by atoms with van der Waals surface area (Å²) in [7, 11) is 1.86. The molecule has 2 aliphatic heterocycles. The lowest BCUT2D eigenvalue weighted by atomic mass is 9.48. The van der Waals surface area contributed by atoms with Crippen molar-refractivity contribution in [2.24, 2.45) is 5.92 Å². The Hall–Kier alpha value is -2.83. The Morgan fingerprint density at radius 3 is 2.70 bits per heavy atom. The summed E-state index contributed by atoms with van der Waals surface area (Å²) >= 11 is 0. The zero-order chi connectivity index (χ0) is 25.5. The van der Waals surface area contributed by atoms with Gasteiger partial charge in [-0.25, -0.2) is 0 Å². The number of benzene rings is 2. The molecule has 1 spiro atoms. The van der Waals surface area contributed by atoms with E-state index in [0.29, 0.717) is 18.6 Å². The van der Waals surface area contributed by atoms with E-state index in [4.69, 9.17) is 4.74 Å². The Labute approximate surface area is 218 Å². The summed E-state index contributed by atoms with van der Waals surface area (Å²) < 4.78 is 6.63. The van der Waals surface area contributed by atoms with E-state index in [1.807, 2.05) is 55.3 Å². The Kier molecular flexibility index (Phi) is 5.09. The van der Waals surface area contributed by atoms with E-state index in [0.717, 1.165) is 48.5 Å². The molecule has 5 aliphatic rings. The summed E-state index contributed by atoms with van der Waals surface area (Å²) in [4.78, 5) is 17.9. The van der Waals surface area contributed by atoms with Gasteiger partial charge in [0.05, 0.1) is 17.1 Å². The lowest BCUT2D eigenvalue weighted by molar-refractivity contribution is -0.200. The minimum atomic E-state index is -0.937. The molecule has 0 aromatic heterocycles. The zero-order valence-corrected chi connectivity index (χ0v) is 21.7. The number of allylic oxidation sites excluding steroid dienone is 1. The first-order valence-electron chi connectivity index (χ1n) is 13.8. The van der Waals surface area contributed by atoms with E-state index in [2.05, 4.69) is 4.90 Å². The van der Waals surface area contributed by atoms with Gasteiger partial charge in [0, 0.05) is 31.3 Å². The number of carbonyl (C=O) groups is 1. The third-order valence-electron chi connectivity index (χ3n) is 10.1. The van der Waals surface area contributed by atoms with Gasteiger partial charge in [-0.15, -0.1) is 0 Å². The van der Waals surface area contributed by atoms with Crippen LogP contribution >= 0.6 is 0 Å². The van der Waals surface area contributed by atoms with Crippen LogP contribution < -0.4 is 4.74 Å². The third kappa shape index (κ3) is 3.21. The standard InChI is InChI=1S/C31H36N2O4/c1-19(21-6-4-3-5-7-21)16-26(35)32(2)23-12-13-31(36)25-17-22-10-11-24(34)28-27(22)30(31,29(23)37-28)14-15-33(25)18-20-8-9-20/h3-7,10-11,16,20,23,25,29,34,36H,8-9,12-15,17-18H2,1-2H3/t23-,25+,29-,30-,31+/m0/s1. The van der Waals surface area contributed by atoms with E-state index >= 15 is 0 Å². The minimum absolute atomic E-state index is 0.0399. The van der Waals surface area contributed by atoms with Crippen LogP contribution in [0.25, 0.3) is 5.57 Å². The molecule has 2 aromatic carbocycles. The Balaban J connectivity index is 1.27. The maximum absolute atomic E-state index is 13.5. The highest BCUT2D eigenvalue weighted by Gasteiger charge is 2.73. The van der Waals surface area contributed by atoms with Crippen molar-refractivity contribution in [3.63, 3.8) is 0 Å². The van der Waals surface area contributed by atoms with Crippen LogP contribution in [0.3, 0.4) is 0 Å². The summed E-state index contributed by atoms with van der Waals surface area (Å²) in [5.41, 5.74) is 2.58. The highest BCUT2D eigenvalue weighted by molar-refractivity contribution is 5.95. The summed E-state index contributed by atoms with van der Waals surface area (Å²) in [5.74, 6) is 1.36. The summed E-state index contributed by atoms with van der Waals surface area (Å²) in [5, 5.41) is 23.5. The molecule has 2 aromatic rings. The highest BCUT2D eigenvalue weighted by atomic mass is 16.5. The van der Waals surface area contributed by atoms with Gasteiger partial charge in [-0.3, -0.25) is 9.69 Å². The maximum atomic E-state index is 13.5. The number of amides is 1. The van der Waals surface area contributed by atoms with E-state index in [1.165, 1.54) is 18.4 Å². The number of rotatable bonds is 5. The fraction of sp³-hybridized carbons (Fsp3) is 0.516. The van der Waals surface area contributed by atoms with Crippen molar-refractivity contribution in [2.45, 2.75) is 74.7 Å². The van der Waals surface area contributed by atoms with Crippen LogP contribution in [-0.2, 0) is 16.6 Å². The number of aliphatic hydroxyl groups is 1. The second-order valence-electron chi connectivity index (χ2n) is 12.0. The second-order valence-corrected chi connectivity index (χ2v) is 12.0. The largest absolute Gasteiger partial charge is 0.504 e. The quantitative estimate of drug-likeness (QED) is 0.610. The van der Waals surface area contributed by atoms with E-state index in [1.54, 1.807) is 12.1 Å². The first kappa shape index (κ1) is 23.3. The van der Waals surface area contributed by atoms with Crippen molar-refractivity contribution in [2.75, 3.05) is 20.1 Å². The number of hydrogen-bond acceptors (Lipinski definition) is 5. The lowest BCUT2D eigenvalue weighted by Crippen LogP contribution is -2.78. The number of phenols is 1. The van der Waals surface area contributed by atoms with Crippen LogP contribution in [0.5, 0.6) is 11.5 Å². The maximum Gasteiger partial charge on any atom is 0.246 e. The first-order chi connectivity index (χ1) is 17.8.